The summed E-state index contributed by atoms with van der Waals surface area (Å²) in [6, 6.07) is 25.4. The summed E-state index contributed by atoms with van der Waals surface area (Å²) in [4.78, 5) is 38.9. The molecule has 186 valence electrons. The van der Waals surface area contributed by atoms with Crippen LogP contribution in [0.15, 0.2) is 106 Å². The molecule has 4 aromatic rings. The topological polar surface area (TPSA) is 87.3 Å². The van der Waals surface area contributed by atoms with Gasteiger partial charge < -0.3 is 16.0 Å². The Balaban J connectivity index is 1.36. The van der Waals surface area contributed by atoms with E-state index in [1.165, 1.54) is 23.1 Å². The molecule has 1 aromatic heterocycles. The minimum Gasteiger partial charge on any atom is -0.325 e. The summed E-state index contributed by atoms with van der Waals surface area (Å²) in [6.45, 7) is 0. The molecule has 0 unspecified atom stereocenters. The highest BCUT2D eigenvalue weighted by atomic mass is 127. The predicted octanol–water partition coefficient (Wildman–Crippen LogP) is 6.49. The van der Waals surface area contributed by atoms with Gasteiger partial charge in [-0.3, -0.25) is 14.4 Å². The lowest BCUT2D eigenvalue weighted by Gasteiger charge is -2.11. The molecule has 9 heteroatoms. The van der Waals surface area contributed by atoms with Crippen molar-refractivity contribution >= 4 is 80.9 Å². The Morgan fingerprint density at radius 2 is 1.51 bits per heavy atom. The molecule has 0 saturated heterocycles. The zero-order valence-electron chi connectivity index (χ0n) is 19.4. The lowest BCUT2D eigenvalue weighted by atomic mass is 10.2. The quantitative estimate of drug-likeness (QED) is 0.111. The Labute approximate surface area is 236 Å². The zero-order valence-corrected chi connectivity index (χ0v) is 23.2. The van der Waals surface area contributed by atoms with Crippen LogP contribution in [0.25, 0.3) is 6.08 Å². The fourth-order valence-corrected chi connectivity index (χ4v) is 4.85. The second-order valence-corrected chi connectivity index (χ2v) is 10.8. The smallest absolute Gasteiger partial charge is 0.272 e. The molecule has 6 nitrogen and oxygen atoms in total. The van der Waals surface area contributed by atoms with Crippen molar-refractivity contribution in [1.29, 1.82) is 0 Å². The predicted molar refractivity (Wildman–Crippen MR) is 160 cm³/mol. The number of benzene rings is 3. The minimum absolute atomic E-state index is 0.0963. The van der Waals surface area contributed by atoms with Gasteiger partial charge in [0.15, 0.2) is 0 Å². The molecule has 3 amide bonds. The van der Waals surface area contributed by atoms with Crippen LogP contribution >= 0.6 is 45.7 Å². The first-order valence-electron chi connectivity index (χ1n) is 11.2. The average molecular weight is 640 g/mol. The molecule has 0 spiro atoms. The number of nitrogens with one attached hydrogen (secondary N) is 3. The summed E-state index contributed by atoms with van der Waals surface area (Å²) in [5, 5.41) is 12.2. The molecule has 0 saturated carbocycles. The van der Waals surface area contributed by atoms with Crippen molar-refractivity contribution in [2.24, 2.45) is 0 Å². The van der Waals surface area contributed by atoms with Gasteiger partial charge in [-0.1, -0.05) is 18.2 Å². The summed E-state index contributed by atoms with van der Waals surface area (Å²) in [5.41, 5.74) is 2.74. The standard InChI is InChI=1S/C28H22IN3O3S2/c29-21-6-8-22(9-7-21)30-26(33)18-37-24-12-10-23(11-13-24)31-28(35)25(16-19-14-15-36-17-19)32-27(34)20-4-2-1-3-5-20/h1-17H,18H2,(H,30,33)(H,31,35)(H,32,34)/b25-16-. The second kappa shape index (κ2) is 13.2. The molecule has 1 heterocycles. The number of hydrogen-bond acceptors (Lipinski definition) is 5. The van der Waals surface area contributed by atoms with E-state index in [1.54, 1.807) is 42.5 Å². The van der Waals surface area contributed by atoms with Gasteiger partial charge in [0.05, 0.1) is 5.75 Å². The van der Waals surface area contributed by atoms with E-state index in [-0.39, 0.29) is 23.3 Å². The fraction of sp³-hybridized carbons (Fsp3) is 0.0357. The summed E-state index contributed by atoms with van der Waals surface area (Å²) in [5.74, 6) is -0.641. The lowest BCUT2D eigenvalue weighted by Crippen LogP contribution is -2.30. The van der Waals surface area contributed by atoms with Gasteiger partial charge in [-0.05, 0) is 112 Å². The van der Waals surface area contributed by atoms with Crippen molar-refractivity contribution in [1.82, 2.24) is 5.32 Å². The molecular formula is C28H22IN3O3S2. The maximum absolute atomic E-state index is 13.1. The first kappa shape index (κ1) is 26.6. The highest BCUT2D eigenvalue weighted by molar-refractivity contribution is 14.1. The molecule has 3 aromatic carbocycles. The third-order valence-electron chi connectivity index (χ3n) is 4.99. The van der Waals surface area contributed by atoms with E-state index in [4.69, 9.17) is 0 Å². The Kier molecular flexibility index (Phi) is 9.52. The van der Waals surface area contributed by atoms with E-state index in [0.29, 0.717) is 11.3 Å². The number of halogens is 1. The van der Waals surface area contributed by atoms with E-state index in [0.717, 1.165) is 19.7 Å². The van der Waals surface area contributed by atoms with Crippen LogP contribution in [0.4, 0.5) is 11.4 Å². The molecule has 0 fully saturated rings. The van der Waals surface area contributed by atoms with Crippen LogP contribution in [0.1, 0.15) is 15.9 Å². The van der Waals surface area contributed by atoms with Gasteiger partial charge in [0.1, 0.15) is 5.70 Å². The van der Waals surface area contributed by atoms with Gasteiger partial charge in [-0.2, -0.15) is 11.3 Å². The Hall–Kier alpha value is -3.41. The van der Waals surface area contributed by atoms with Crippen LogP contribution in [0.3, 0.4) is 0 Å². The van der Waals surface area contributed by atoms with Crippen molar-refractivity contribution in [2.45, 2.75) is 4.90 Å². The van der Waals surface area contributed by atoms with Crippen LogP contribution < -0.4 is 16.0 Å². The number of rotatable bonds is 9. The molecule has 4 rings (SSSR count). The van der Waals surface area contributed by atoms with Crippen molar-refractivity contribution in [3.8, 4) is 0 Å². The van der Waals surface area contributed by atoms with Crippen LogP contribution in [0, 0.1) is 3.57 Å². The number of thioether (sulfide) groups is 1. The van der Waals surface area contributed by atoms with Gasteiger partial charge in [0.25, 0.3) is 11.8 Å². The van der Waals surface area contributed by atoms with E-state index in [2.05, 4.69) is 38.5 Å². The summed E-state index contributed by atoms with van der Waals surface area (Å²) in [7, 11) is 0. The van der Waals surface area contributed by atoms with Crippen molar-refractivity contribution in [3.05, 3.63) is 116 Å². The number of thiophene rings is 1. The minimum atomic E-state index is -0.437. The van der Waals surface area contributed by atoms with E-state index in [1.807, 2.05) is 59.3 Å². The Morgan fingerprint density at radius 3 is 2.19 bits per heavy atom. The number of anilines is 2. The highest BCUT2D eigenvalue weighted by Gasteiger charge is 2.15. The van der Waals surface area contributed by atoms with Crippen molar-refractivity contribution < 1.29 is 14.4 Å². The normalized spacial score (nSPS) is 11.0. The highest BCUT2D eigenvalue weighted by Crippen LogP contribution is 2.21. The SMILES string of the molecule is O=C(CSc1ccc(NC(=O)/C(=C/c2ccsc2)NC(=O)c2ccccc2)cc1)Nc1ccc(I)cc1. The first-order chi connectivity index (χ1) is 18.0. The number of carbonyl (C=O) groups is 3. The van der Waals surface area contributed by atoms with Crippen LogP contribution in [-0.2, 0) is 9.59 Å². The van der Waals surface area contributed by atoms with E-state index in [9.17, 15) is 14.4 Å². The van der Waals surface area contributed by atoms with Crippen LogP contribution in [0.5, 0.6) is 0 Å². The molecule has 3 N–H and O–H groups in total. The number of carbonyl (C=O) groups excluding carboxylic acids is 3. The van der Waals surface area contributed by atoms with Crippen LogP contribution in [-0.4, -0.2) is 23.5 Å². The summed E-state index contributed by atoms with van der Waals surface area (Å²) in [6.07, 6.45) is 1.64. The molecule has 37 heavy (non-hydrogen) atoms. The molecule has 0 aliphatic heterocycles. The van der Waals surface area contributed by atoms with Crippen molar-refractivity contribution in [3.63, 3.8) is 0 Å². The summed E-state index contributed by atoms with van der Waals surface area (Å²) >= 11 is 5.12. The van der Waals surface area contributed by atoms with Gasteiger partial charge in [-0.25, -0.2) is 0 Å². The third kappa shape index (κ3) is 8.31. The molecule has 0 aliphatic carbocycles. The van der Waals surface area contributed by atoms with Gasteiger partial charge in [0.2, 0.25) is 5.91 Å². The largest absolute Gasteiger partial charge is 0.325 e. The first-order valence-corrected chi connectivity index (χ1v) is 14.2. The number of hydrogen-bond donors (Lipinski definition) is 3. The molecule has 0 bridgehead atoms. The third-order valence-corrected chi connectivity index (χ3v) is 7.43. The van der Waals surface area contributed by atoms with E-state index >= 15 is 0 Å². The molecule has 0 radical (unpaired) electrons. The second-order valence-electron chi connectivity index (χ2n) is 7.76. The Bertz CT molecular complexity index is 1390. The maximum atomic E-state index is 13.1. The Morgan fingerprint density at radius 1 is 0.838 bits per heavy atom. The maximum Gasteiger partial charge on any atom is 0.272 e. The molecule has 0 aliphatic rings. The molecular weight excluding hydrogens is 617 g/mol. The lowest BCUT2D eigenvalue weighted by molar-refractivity contribution is -0.114. The fourth-order valence-electron chi connectivity index (χ4n) is 3.18. The van der Waals surface area contributed by atoms with Crippen LogP contribution in [0.2, 0.25) is 0 Å². The average Bonchev–Trinajstić information content (AvgIpc) is 3.43. The summed E-state index contributed by atoms with van der Waals surface area (Å²) < 4.78 is 1.10. The monoisotopic (exact) mass is 639 g/mol. The van der Waals surface area contributed by atoms with E-state index < -0.39 is 5.91 Å². The van der Waals surface area contributed by atoms with Crippen molar-refractivity contribution in [2.75, 3.05) is 16.4 Å². The van der Waals surface area contributed by atoms with Gasteiger partial charge >= 0.3 is 0 Å². The molecule has 0 atom stereocenters. The number of amides is 3. The zero-order chi connectivity index (χ0) is 26.0. The van der Waals surface area contributed by atoms with Gasteiger partial charge in [0, 0.05) is 25.4 Å². The van der Waals surface area contributed by atoms with Gasteiger partial charge in [-0.15, -0.1) is 11.8 Å².